The van der Waals surface area contributed by atoms with Crippen LogP contribution in [0.1, 0.15) is 44.1 Å². The van der Waals surface area contributed by atoms with Crippen LogP contribution in [0.3, 0.4) is 0 Å². The molecule has 0 aromatic heterocycles. The zero-order valence-electron chi connectivity index (χ0n) is 11.9. The van der Waals surface area contributed by atoms with Gasteiger partial charge in [0.15, 0.2) is 0 Å². The fourth-order valence-electron chi connectivity index (χ4n) is 3.76. The molecular weight excluding hydrogens is 232 g/mol. The number of piperidine rings is 1. The quantitative estimate of drug-likeness (QED) is 0.876. The predicted octanol–water partition coefficient (Wildman–Crippen LogP) is 3.18. The van der Waals surface area contributed by atoms with Crippen LogP contribution in [0.2, 0.25) is 0 Å². The summed E-state index contributed by atoms with van der Waals surface area (Å²) in [6, 6.07) is 10.9. The molecule has 1 unspecified atom stereocenters. The molecule has 0 aliphatic carbocycles. The summed E-state index contributed by atoms with van der Waals surface area (Å²) in [6.45, 7) is 4.84. The lowest BCUT2D eigenvalue weighted by Crippen LogP contribution is -2.56. The summed E-state index contributed by atoms with van der Waals surface area (Å²) in [5, 5.41) is 3.87. The first-order chi connectivity index (χ1) is 9.36. The lowest BCUT2D eigenvalue weighted by Gasteiger charge is -2.43. The Kier molecular flexibility index (Phi) is 4.19. The highest BCUT2D eigenvalue weighted by atomic mass is 15.2. The van der Waals surface area contributed by atoms with Crippen molar-refractivity contribution < 1.29 is 0 Å². The van der Waals surface area contributed by atoms with E-state index in [9.17, 15) is 0 Å². The summed E-state index contributed by atoms with van der Waals surface area (Å²) in [5.41, 5.74) is 1.87. The number of likely N-dealkylation sites (tertiary alicyclic amines) is 1. The molecule has 104 valence electrons. The maximum absolute atomic E-state index is 3.87. The van der Waals surface area contributed by atoms with Crippen LogP contribution in [0.5, 0.6) is 0 Å². The molecule has 1 aromatic rings. The Bertz CT molecular complexity index is 380. The van der Waals surface area contributed by atoms with Crippen LogP contribution in [0, 0.1) is 0 Å². The van der Waals surface area contributed by atoms with E-state index in [4.69, 9.17) is 0 Å². The average molecular weight is 258 g/mol. The zero-order valence-corrected chi connectivity index (χ0v) is 11.9. The lowest BCUT2D eigenvalue weighted by molar-refractivity contribution is 0.112. The van der Waals surface area contributed by atoms with Gasteiger partial charge >= 0.3 is 0 Å². The summed E-state index contributed by atoms with van der Waals surface area (Å²) >= 11 is 0. The van der Waals surface area contributed by atoms with Gasteiger partial charge in [-0.05, 0) is 44.3 Å². The first-order valence-electron chi connectivity index (χ1n) is 7.88. The van der Waals surface area contributed by atoms with Crippen LogP contribution in [-0.2, 0) is 6.54 Å². The van der Waals surface area contributed by atoms with E-state index in [0.29, 0.717) is 5.54 Å². The van der Waals surface area contributed by atoms with Crippen molar-refractivity contribution in [1.29, 1.82) is 0 Å². The molecule has 2 saturated heterocycles. The van der Waals surface area contributed by atoms with Crippen molar-refractivity contribution >= 4 is 0 Å². The van der Waals surface area contributed by atoms with Crippen molar-refractivity contribution in [2.75, 3.05) is 19.6 Å². The van der Waals surface area contributed by atoms with Gasteiger partial charge in [-0.1, -0.05) is 43.2 Å². The van der Waals surface area contributed by atoms with E-state index in [1.54, 1.807) is 0 Å². The van der Waals surface area contributed by atoms with Crippen molar-refractivity contribution in [2.24, 2.45) is 0 Å². The molecule has 2 fully saturated rings. The van der Waals surface area contributed by atoms with Gasteiger partial charge in [-0.25, -0.2) is 0 Å². The smallest absolute Gasteiger partial charge is 0.0309 e. The SMILES string of the molecule is c1ccc(CN2CCCC3(CCCCCN3)C2)cc1. The molecule has 0 radical (unpaired) electrons. The van der Waals surface area contributed by atoms with Gasteiger partial charge < -0.3 is 5.32 Å². The molecule has 2 heterocycles. The molecule has 0 saturated carbocycles. The Hall–Kier alpha value is -0.860. The number of nitrogens with one attached hydrogen (secondary N) is 1. The first kappa shape index (κ1) is 13.1. The fourth-order valence-corrected chi connectivity index (χ4v) is 3.76. The largest absolute Gasteiger partial charge is 0.310 e. The summed E-state index contributed by atoms with van der Waals surface area (Å²) in [5.74, 6) is 0. The number of hydrogen-bond donors (Lipinski definition) is 1. The van der Waals surface area contributed by atoms with E-state index >= 15 is 0 Å². The highest BCUT2D eigenvalue weighted by molar-refractivity contribution is 5.14. The van der Waals surface area contributed by atoms with Gasteiger partial charge in [0.2, 0.25) is 0 Å². The zero-order chi connectivity index (χ0) is 13.0. The van der Waals surface area contributed by atoms with Crippen molar-refractivity contribution in [2.45, 2.75) is 50.6 Å². The minimum Gasteiger partial charge on any atom is -0.310 e. The van der Waals surface area contributed by atoms with E-state index in [-0.39, 0.29) is 0 Å². The molecule has 19 heavy (non-hydrogen) atoms. The molecule has 1 atom stereocenters. The van der Waals surface area contributed by atoms with Crippen LogP contribution in [0.25, 0.3) is 0 Å². The standard InChI is InChI=1S/C17H26N2/c1-3-8-16(9-4-1)14-19-13-7-11-17(15-19)10-5-2-6-12-18-17/h1,3-4,8-9,18H,2,5-7,10-15H2. The van der Waals surface area contributed by atoms with Crippen molar-refractivity contribution in [3.8, 4) is 0 Å². The van der Waals surface area contributed by atoms with Crippen LogP contribution in [-0.4, -0.2) is 30.1 Å². The molecule has 1 spiro atoms. The molecule has 0 bridgehead atoms. The molecule has 0 amide bonds. The van der Waals surface area contributed by atoms with E-state index in [1.807, 2.05) is 0 Å². The topological polar surface area (TPSA) is 15.3 Å². The second-order valence-corrected chi connectivity index (χ2v) is 6.32. The number of nitrogens with zero attached hydrogens (tertiary/aromatic N) is 1. The van der Waals surface area contributed by atoms with Crippen molar-refractivity contribution in [3.05, 3.63) is 35.9 Å². The molecular formula is C17H26N2. The summed E-state index contributed by atoms with van der Waals surface area (Å²) in [7, 11) is 0. The maximum Gasteiger partial charge on any atom is 0.0309 e. The average Bonchev–Trinajstić information content (AvgIpc) is 2.66. The Balaban J connectivity index is 1.64. The summed E-state index contributed by atoms with van der Waals surface area (Å²) in [6.07, 6.45) is 8.27. The Morgan fingerprint density at radius 2 is 1.84 bits per heavy atom. The van der Waals surface area contributed by atoms with Gasteiger partial charge in [0, 0.05) is 18.6 Å². The van der Waals surface area contributed by atoms with Crippen molar-refractivity contribution in [1.82, 2.24) is 10.2 Å². The van der Waals surface area contributed by atoms with Gasteiger partial charge in [0.05, 0.1) is 0 Å². The minimum absolute atomic E-state index is 0.420. The summed E-state index contributed by atoms with van der Waals surface area (Å²) < 4.78 is 0. The second-order valence-electron chi connectivity index (χ2n) is 6.32. The van der Waals surface area contributed by atoms with Gasteiger partial charge in [-0.2, -0.15) is 0 Å². The fraction of sp³-hybridized carbons (Fsp3) is 0.647. The van der Waals surface area contributed by atoms with E-state index < -0.39 is 0 Å². The van der Waals surface area contributed by atoms with Gasteiger partial charge in [0.1, 0.15) is 0 Å². The third-order valence-corrected chi connectivity index (χ3v) is 4.74. The Morgan fingerprint density at radius 3 is 2.74 bits per heavy atom. The number of benzene rings is 1. The summed E-state index contributed by atoms with van der Waals surface area (Å²) in [4.78, 5) is 2.65. The molecule has 2 nitrogen and oxygen atoms in total. The molecule has 1 aromatic carbocycles. The third kappa shape index (κ3) is 3.37. The van der Waals surface area contributed by atoms with E-state index in [1.165, 1.54) is 63.7 Å². The highest BCUT2D eigenvalue weighted by Crippen LogP contribution is 2.29. The maximum atomic E-state index is 3.87. The van der Waals surface area contributed by atoms with Gasteiger partial charge in [-0.15, -0.1) is 0 Å². The van der Waals surface area contributed by atoms with Gasteiger partial charge in [-0.3, -0.25) is 4.90 Å². The Labute approximate surface area is 117 Å². The monoisotopic (exact) mass is 258 g/mol. The molecule has 3 rings (SSSR count). The van der Waals surface area contributed by atoms with E-state index in [0.717, 1.165) is 6.54 Å². The second kappa shape index (κ2) is 6.06. The highest BCUT2D eigenvalue weighted by Gasteiger charge is 2.35. The number of rotatable bonds is 2. The van der Waals surface area contributed by atoms with Crippen LogP contribution < -0.4 is 5.32 Å². The van der Waals surface area contributed by atoms with Crippen LogP contribution in [0.4, 0.5) is 0 Å². The molecule has 2 aliphatic rings. The van der Waals surface area contributed by atoms with E-state index in [2.05, 4.69) is 40.5 Å². The third-order valence-electron chi connectivity index (χ3n) is 4.74. The van der Waals surface area contributed by atoms with Crippen LogP contribution in [0.15, 0.2) is 30.3 Å². The minimum atomic E-state index is 0.420. The first-order valence-corrected chi connectivity index (χ1v) is 7.88. The number of hydrogen-bond acceptors (Lipinski definition) is 2. The molecule has 2 heteroatoms. The lowest BCUT2D eigenvalue weighted by atomic mass is 9.85. The predicted molar refractivity (Wildman–Crippen MR) is 80.2 cm³/mol. The molecule has 2 aliphatic heterocycles. The van der Waals surface area contributed by atoms with Crippen molar-refractivity contribution in [3.63, 3.8) is 0 Å². The molecule has 1 N–H and O–H groups in total. The Morgan fingerprint density at radius 1 is 1.00 bits per heavy atom. The van der Waals surface area contributed by atoms with Crippen LogP contribution >= 0.6 is 0 Å². The van der Waals surface area contributed by atoms with Gasteiger partial charge in [0.25, 0.3) is 0 Å². The normalized spacial score (nSPS) is 29.3.